The van der Waals surface area contributed by atoms with E-state index in [1.165, 1.54) is 0 Å². The molecule has 0 fully saturated rings. The highest BCUT2D eigenvalue weighted by molar-refractivity contribution is 6.06. The number of hydrogen-bond donors (Lipinski definition) is 2. The number of Topliss-reactive ketones (excluding diaryl/α,β-unsaturated/α-hetero) is 1. The molecule has 1 unspecified atom stereocenters. The van der Waals surface area contributed by atoms with E-state index in [1.54, 1.807) is 12.5 Å². The molecule has 0 radical (unpaired) electrons. The summed E-state index contributed by atoms with van der Waals surface area (Å²) < 4.78 is 3.66. The van der Waals surface area contributed by atoms with Gasteiger partial charge in [-0.15, -0.1) is 0 Å². The summed E-state index contributed by atoms with van der Waals surface area (Å²) >= 11 is 0. The van der Waals surface area contributed by atoms with Gasteiger partial charge in [0.05, 0.1) is 22.9 Å². The standard InChI is InChI=1S/C32H33N7O2/c1-19-10-12-21(13-11-19)38-23-16-32(3,4)17-24(40)26(23)27(28(29(38)33)30(34)41)25-20(2)36-39(22-8-6-5-7-9-22)31(25)37-15-14-35-18-37/h5-15,18,27H,16-17,33H2,1-4H3,(H2,34,41). The van der Waals surface area contributed by atoms with Gasteiger partial charge >= 0.3 is 0 Å². The number of hydrogen-bond acceptors (Lipinski definition) is 6. The Morgan fingerprint density at radius 2 is 1.71 bits per heavy atom. The van der Waals surface area contributed by atoms with Crippen LogP contribution in [-0.4, -0.2) is 31.0 Å². The molecule has 1 amide bonds. The molecule has 3 heterocycles. The number of amides is 1. The van der Waals surface area contributed by atoms with Crippen molar-refractivity contribution in [1.82, 2.24) is 19.3 Å². The normalized spacial score (nSPS) is 18.6. The Morgan fingerprint density at radius 1 is 1.00 bits per heavy atom. The highest BCUT2D eigenvalue weighted by atomic mass is 16.1. The first-order chi connectivity index (χ1) is 19.6. The number of imidazole rings is 1. The molecular formula is C32H33N7O2. The van der Waals surface area contributed by atoms with Gasteiger partial charge in [-0.1, -0.05) is 49.7 Å². The maximum atomic E-state index is 14.2. The van der Waals surface area contributed by atoms with Gasteiger partial charge in [-0.05, 0) is 49.9 Å². The molecular weight excluding hydrogens is 514 g/mol. The number of aromatic nitrogens is 4. The number of rotatable bonds is 5. The van der Waals surface area contributed by atoms with Crippen LogP contribution in [0.15, 0.2) is 96.0 Å². The van der Waals surface area contributed by atoms with E-state index in [0.717, 1.165) is 22.6 Å². The summed E-state index contributed by atoms with van der Waals surface area (Å²) in [6.45, 7) is 8.05. The first kappa shape index (κ1) is 26.3. The van der Waals surface area contributed by atoms with Crippen LogP contribution < -0.4 is 16.4 Å². The zero-order valence-corrected chi connectivity index (χ0v) is 23.6. The molecule has 1 aliphatic heterocycles. The van der Waals surface area contributed by atoms with E-state index in [2.05, 4.69) is 18.8 Å². The summed E-state index contributed by atoms with van der Waals surface area (Å²) in [6.07, 6.45) is 6.11. The molecule has 0 saturated carbocycles. The van der Waals surface area contributed by atoms with E-state index in [1.807, 2.05) is 88.8 Å². The van der Waals surface area contributed by atoms with E-state index < -0.39 is 11.8 Å². The Morgan fingerprint density at radius 3 is 2.34 bits per heavy atom. The minimum Gasteiger partial charge on any atom is -0.384 e. The minimum atomic E-state index is -0.803. The topological polar surface area (TPSA) is 125 Å². The second kappa shape index (κ2) is 9.62. The van der Waals surface area contributed by atoms with Crippen LogP contribution >= 0.6 is 0 Å². The predicted molar refractivity (Wildman–Crippen MR) is 157 cm³/mol. The van der Waals surface area contributed by atoms with Gasteiger partial charge in [-0.3, -0.25) is 19.1 Å². The summed E-state index contributed by atoms with van der Waals surface area (Å²) in [6, 6.07) is 17.6. The van der Waals surface area contributed by atoms with Gasteiger partial charge in [0, 0.05) is 41.3 Å². The number of allylic oxidation sites excluding steroid dienone is 2. The Bertz CT molecular complexity index is 1730. The van der Waals surface area contributed by atoms with E-state index in [4.69, 9.17) is 16.6 Å². The highest BCUT2D eigenvalue weighted by Gasteiger charge is 2.47. The van der Waals surface area contributed by atoms with Gasteiger partial charge in [0.1, 0.15) is 18.0 Å². The van der Waals surface area contributed by atoms with Crippen molar-refractivity contribution >= 4 is 17.4 Å². The van der Waals surface area contributed by atoms with Gasteiger partial charge in [-0.25, -0.2) is 9.67 Å². The largest absolute Gasteiger partial charge is 0.384 e. The first-order valence-electron chi connectivity index (χ1n) is 13.6. The summed E-state index contributed by atoms with van der Waals surface area (Å²) in [5.41, 5.74) is 18.3. The number of ketones is 1. The van der Waals surface area contributed by atoms with E-state index >= 15 is 0 Å². The number of nitrogens with zero attached hydrogens (tertiary/aromatic N) is 5. The van der Waals surface area contributed by atoms with E-state index in [9.17, 15) is 9.59 Å². The van der Waals surface area contributed by atoms with Crippen LogP contribution in [0.1, 0.15) is 49.4 Å². The fraction of sp³-hybridized carbons (Fsp3) is 0.250. The fourth-order valence-electron chi connectivity index (χ4n) is 6.18. The molecule has 2 aliphatic rings. The molecule has 41 heavy (non-hydrogen) atoms. The van der Waals surface area contributed by atoms with E-state index in [0.29, 0.717) is 35.5 Å². The van der Waals surface area contributed by atoms with Crippen LogP contribution in [0.5, 0.6) is 0 Å². The van der Waals surface area contributed by atoms with Crippen LogP contribution in [0.2, 0.25) is 0 Å². The molecule has 9 heteroatoms. The average molecular weight is 548 g/mol. The summed E-state index contributed by atoms with van der Waals surface area (Å²) in [5.74, 6) is -0.636. The number of carbonyl (C=O) groups excluding carboxylic acids is 2. The van der Waals surface area contributed by atoms with Crippen molar-refractivity contribution in [3.05, 3.63) is 113 Å². The third-order valence-corrected chi connectivity index (χ3v) is 7.94. The van der Waals surface area contributed by atoms with Crippen LogP contribution in [0, 0.1) is 19.3 Å². The SMILES string of the molecule is Cc1ccc(N2C(N)=C(C(N)=O)C(c3c(C)nn(-c4ccccc4)c3-n3ccnc3)C3=C2CC(C)(C)CC3=O)cc1. The molecule has 0 bridgehead atoms. The molecule has 4 aromatic rings. The Hall–Kier alpha value is -4.92. The van der Waals surface area contributed by atoms with Crippen LogP contribution in [-0.2, 0) is 9.59 Å². The lowest BCUT2D eigenvalue weighted by atomic mass is 9.68. The molecule has 208 valence electrons. The van der Waals surface area contributed by atoms with Crippen molar-refractivity contribution in [3.8, 4) is 11.5 Å². The van der Waals surface area contributed by atoms with Crippen LogP contribution in [0.3, 0.4) is 0 Å². The lowest BCUT2D eigenvalue weighted by molar-refractivity contribution is -0.118. The third-order valence-electron chi connectivity index (χ3n) is 7.94. The number of benzene rings is 2. The van der Waals surface area contributed by atoms with Crippen molar-refractivity contribution in [2.75, 3.05) is 4.90 Å². The molecule has 6 rings (SSSR count). The first-order valence-corrected chi connectivity index (χ1v) is 13.6. The smallest absolute Gasteiger partial charge is 0.249 e. The Labute approximate surface area is 238 Å². The quantitative estimate of drug-likeness (QED) is 0.377. The third kappa shape index (κ3) is 4.34. The molecule has 4 N–H and O–H groups in total. The highest BCUT2D eigenvalue weighted by Crippen LogP contribution is 2.51. The Kier molecular flexibility index (Phi) is 6.17. The van der Waals surface area contributed by atoms with Crippen molar-refractivity contribution in [3.63, 3.8) is 0 Å². The van der Waals surface area contributed by atoms with Gasteiger partial charge in [0.2, 0.25) is 5.91 Å². The monoisotopic (exact) mass is 547 g/mol. The zero-order chi connectivity index (χ0) is 29.1. The Balaban J connectivity index is 1.69. The van der Waals surface area contributed by atoms with Crippen molar-refractivity contribution in [2.45, 2.75) is 46.5 Å². The lowest BCUT2D eigenvalue weighted by Gasteiger charge is -2.44. The fourth-order valence-corrected chi connectivity index (χ4v) is 6.18. The number of primary amides is 1. The number of aryl methyl sites for hydroxylation is 2. The van der Waals surface area contributed by atoms with Gasteiger partial charge in [-0.2, -0.15) is 5.10 Å². The van der Waals surface area contributed by atoms with E-state index in [-0.39, 0.29) is 22.6 Å². The second-order valence-corrected chi connectivity index (χ2v) is 11.6. The maximum absolute atomic E-state index is 14.2. The van der Waals surface area contributed by atoms with Crippen LogP contribution in [0.4, 0.5) is 5.69 Å². The molecule has 2 aromatic heterocycles. The average Bonchev–Trinajstić information content (AvgIpc) is 3.56. The van der Waals surface area contributed by atoms with Crippen molar-refractivity contribution < 1.29 is 9.59 Å². The van der Waals surface area contributed by atoms with Gasteiger partial charge in [0.25, 0.3) is 0 Å². The zero-order valence-electron chi connectivity index (χ0n) is 23.6. The van der Waals surface area contributed by atoms with Crippen LogP contribution in [0.25, 0.3) is 11.5 Å². The molecule has 1 atom stereocenters. The summed E-state index contributed by atoms with van der Waals surface area (Å²) in [5, 5.41) is 4.91. The second-order valence-electron chi connectivity index (χ2n) is 11.6. The van der Waals surface area contributed by atoms with Gasteiger partial charge < -0.3 is 11.5 Å². The summed E-state index contributed by atoms with van der Waals surface area (Å²) in [7, 11) is 0. The number of para-hydroxylation sites is 1. The lowest BCUT2D eigenvalue weighted by Crippen LogP contribution is -2.44. The minimum absolute atomic E-state index is 0.0342. The van der Waals surface area contributed by atoms with Crippen molar-refractivity contribution in [1.29, 1.82) is 0 Å². The number of carbonyl (C=O) groups is 2. The van der Waals surface area contributed by atoms with Crippen molar-refractivity contribution in [2.24, 2.45) is 16.9 Å². The molecule has 0 saturated heterocycles. The number of nitrogens with two attached hydrogens (primary N) is 2. The maximum Gasteiger partial charge on any atom is 0.249 e. The van der Waals surface area contributed by atoms with Gasteiger partial charge in [0.15, 0.2) is 5.78 Å². The summed E-state index contributed by atoms with van der Waals surface area (Å²) in [4.78, 5) is 33.6. The predicted octanol–water partition coefficient (Wildman–Crippen LogP) is 4.58. The molecule has 0 spiro atoms. The number of anilines is 1. The molecule has 2 aromatic carbocycles. The molecule has 9 nitrogen and oxygen atoms in total. The molecule has 1 aliphatic carbocycles.